The minimum Gasteiger partial charge on any atom is -0.384 e. The third-order valence-corrected chi connectivity index (χ3v) is 4.38. The van der Waals surface area contributed by atoms with Gasteiger partial charge in [-0.1, -0.05) is 13.8 Å². The molecular formula is C11H20O. The molecule has 70 valence electrons. The SMILES string of the molecule is COCC1CCC2CC1C2(C)C. The fourth-order valence-electron chi connectivity index (χ4n) is 3.38. The molecule has 0 aromatic rings. The maximum atomic E-state index is 5.27. The number of fused-ring (bicyclic) bond motifs is 2. The summed E-state index contributed by atoms with van der Waals surface area (Å²) in [5.74, 6) is 2.84. The zero-order chi connectivity index (χ0) is 8.77. The van der Waals surface area contributed by atoms with Crippen LogP contribution >= 0.6 is 0 Å². The Labute approximate surface area is 75.5 Å². The smallest absolute Gasteiger partial charge is 0.0493 e. The zero-order valence-corrected chi connectivity index (χ0v) is 8.47. The van der Waals surface area contributed by atoms with Crippen LogP contribution in [0.3, 0.4) is 0 Å². The van der Waals surface area contributed by atoms with Crippen molar-refractivity contribution in [1.82, 2.24) is 0 Å². The molecule has 3 fully saturated rings. The minimum atomic E-state index is 0.626. The fraction of sp³-hybridized carbons (Fsp3) is 1.00. The first kappa shape index (κ1) is 8.55. The van der Waals surface area contributed by atoms with E-state index in [1.54, 1.807) is 0 Å². The molecule has 1 nitrogen and oxygen atoms in total. The van der Waals surface area contributed by atoms with E-state index >= 15 is 0 Å². The van der Waals surface area contributed by atoms with Gasteiger partial charge in [0.15, 0.2) is 0 Å². The van der Waals surface area contributed by atoms with Crippen LogP contribution in [0.5, 0.6) is 0 Å². The molecule has 3 aliphatic rings. The molecule has 3 rings (SSSR count). The Hall–Kier alpha value is -0.0400. The first-order valence-corrected chi connectivity index (χ1v) is 5.15. The van der Waals surface area contributed by atoms with Gasteiger partial charge in [-0.15, -0.1) is 0 Å². The third-order valence-electron chi connectivity index (χ3n) is 4.38. The Morgan fingerprint density at radius 1 is 1.33 bits per heavy atom. The molecule has 3 aliphatic carbocycles. The van der Waals surface area contributed by atoms with Crippen molar-refractivity contribution >= 4 is 0 Å². The summed E-state index contributed by atoms with van der Waals surface area (Å²) in [6.07, 6.45) is 4.32. The van der Waals surface area contributed by atoms with Gasteiger partial charge >= 0.3 is 0 Å². The first-order valence-electron chi connectivity index (χ1n) is 5.15. The molecule has 2 bridgehead atoms. The molecule has 3 unspecified atom stereocenters. The number of hydrogen-bond donors (Lipinski definition) is 0. The molecule has 0 aliphatic heterocycles. The molecule has 0 N–H and O–H groups in total. The molecule has 3 atom stereocenters. The minimum absolute atomic E-state index is 0.626. The van der Waals surface area contributed by atoms with Crippen LogP contribution in [-0.2, 0) is 4.74 Å². The Balaban J connectivity index is 2.01. The van der Waals surface area contributed by atoms with Gasteiger partial charge in [-0.25, -0.2) is 0 Å². The van der Waals surface area contributed by atoms with Crippen LogP contribution in [0.1, 0.15) is 33.1 Å². The monoisotopic (exact) mass is 168 g/mol. The maximum Gasteiger partial charge on any atom is 0.0493 e. The molecule has 0 radical (unpaired) electrons. The van der Waals surface area contributed by atoms with E-state index in [4.69, 9.17) is 4.74 Å². The van der Waals surface area contributed by atoms with Crippen molar-refractivity contribution in [2.24, 2.45) is 23.2 Å². The Morgan fingerprint density at radius 2 is 2.08 bits per heavy atom. The Kier molecular flexibility index (Phi) is 1.95. The van der Waals surface area contributed by atoms with Crippen molar-refractivity contribution in [3.05, 3.63) is 0 Å². The molecule has 0 aromatic carbocycles. The molecule has 0 aromatic heterocycles. The van der Waals surface area contributed by atoms with E-state index in [-0.39, 0.29) is 0 Å². The summed E-state index contributed by atoms with van der Waals surface area (Å²) in [6, 6.07) is 0. The zero-order valence-electron chi connectivity index (χ0n) is 8.47. The van der Waals surface area contributed by atoms with Crippen molar-refractivity contribution in [2.45, 2.75) is 33.1 Å². The third kappa shape index (κ3) is 1.02. The molecule has 0 spiro atoms. The van der Waals surface area contributed by atoms with Crippen LogP contribution in [-0.4, -0.2) is 13.7 Å². The molecule has 1 heteroatoms. The number of rotatable bonds is 2. The number of ether oxygens (including phenoxy) is 1. The summed E-state index contributed by atoms with van der Waals surface area (Å²) in [6.45, 7) is 5.86. The predicted octanol–water partition coefficient (Wildman–Crippen LogP) is 2.71. The van der Waals surface area contributed by atoms with Crippen LogP contribution in [0.2, 0.25) is 0 Å². The second kappa shape index (κ2) is 2.73. The largest absolute Gasteiger partial charge is 0.384 e. The van der Waals surface area contributed by atoms with E-state index in [1.807, 2.05) is 7.11 Å². The summed E-state index contributed by atoms with van der Waals surface area (Å²) >= 11 is 0. The molecule has 3 saturated carbocycles. The lowest BCUT2D eigenvalue weighted by molar-refractivity contribution is -0.120. The second-order valence-corrected chi connectivity index (χ2v) is 5.15. The van der Waals surface area contributed by atoms with Crippen LogP contribution in [0.15, 0.2) is 0 Å². The van der Waals surface area contributed by atoms with E-state index in [9.17, 15) is 0 Å². The average Bonchev–Trinajstić information content (AvgIpc) is 2.05. The van der Waals surface area contributed by atoms with Gasteiger partial charge in [0, 0.05) is 13.7 Å². The standard InChI is InChI=1S/C11H20O/c1-11(2)9-5-4-8(7-12-3)10(11)6-9/h8-10H,4-7H2,1-3H3. The fourth-order valence-corrected chi connectivity index (χ4v) is 3.38. The summed E-state index contributed by atoms with van der Waals surface area (Å²) < 4.78 is 5.27. The quantitative estimate of drug-likeness (QED) is 0.616. The Morgan fingerprint density at radius 3 is 2.58 bits per heavy atom. The van der Waals surface area contributed by atoms with Gasteiger partial charge in [-0.05, 0) is 42.4 Å². The number of hydrogen-bond acceptors (Lipinski definition) is 1. The van der Waals surface area contributed by atoms with E-state index in [0.717, 1.165) is 24.4 Å². The summed E-state index contributed by atoms with van der Waals surface area (Å²) in [7, 11) is 1.83. The summed E-state index contributed by atoms with van der Waals surface area (Å²) in [5.41, 5.74) is 0.626. The maximum absolute atomic E-state index is 5.27. The van der Waals surface area contributed by atoms with Crippen molar-refractivity contribution < 1.29 is 4.74 Å². The second-order valence-electron chi connectivity index (χ2n) is 5.15. The number of methoxy groups -OCH3 is 1. The lowest BCUT2D eigenvalue weighted by atomic mass is 9.46. The van der Waals surface area contributed by atoms with Gasteiger partial charge in [0.05, 0.1) is 0 Å². The highest BCUT2D eigenvalue weighted by atomic mass is 16.5. The van der Waals surface area contributed by atoms with Gasteiger partial charge in [-0.3, -0.25) is 0 Å². The van der Waals surface area contributed by atoms with E-state index in [2.05, 4.69) is 13.8 Å². The highest BCUT2D eigenvalue weighted by molar-refractivity contribution is 5.03. The highest BCUT2D eigenvalue weighted by Gasteiger charge is 2.53. The van der Waals surface area contributed by atoms with Crippen LogP contribution in [0, 0.1) is 23.2 Å². The summed E-state index contributed by atoms with van der Waals surface area (Å²) in [5, 5.41) is 0. The van der Waals surface area contributed by atoms with Crippen molar-refractivity contribution in [1.29, 1.82) is 0 Å². The van der Waals surface area contributed by atoms with Gasteiger partial charge in [0.2, 0.25) is 0 Å². The predicted molar refractivity (Wildman–Crippen MR) is 50.0 cm³/mol. The van der Waals surface area contributed by atoms with Crippen LogP contribution < -0.4 is 0 Å². The van der Waals surface area contributed by atoms with Gasteiger partial charge in [0.1, 0.15) is 0 Å². The van der Waals surface area contributed by atoms with Gasteiger partial charge in [-0.2, -0.15) is 0 Å². The summed E-state index contributed by atoms with van der Waals surface area (Å²) in [4.78, 5) is 0. The van der Waals surface area contributed by atoms with Gasteiger partial charge in [0.25, 0.3) is 0 Å². The normalized spacial score (nSPS) is 43.8. The highest BCUT2D eigenvalue weighted by Crippen LogP contribution is 2.61. The van der Waals surface area contributed by atoms with Crippen molar-refractivity contribution in [2.75, 3.05) is 13.7 Å². The van der Waals surface area contributed by atoms with E-state index in [0.29, 0.717) is 5.41 Å². The van der Waals surface area contributed by atoms with Crippen molar-refractivity contribution in [3.8, 4) is 0 Å². The molecule has 0 saturated heterocycles. The van der Waals surface area contributed by atoms with Crippen molar-refractivity contribution in [3.63, 3.8) is 0 Å². The van der Waals surface area contributed by atoms with Crippen LogP contribution in [0.4, 0.5) is 0 Å². The van der Waals surface area contributed by atoms with E-state index < -0.39 is 0 Å². The molecule has 0 amide bonds. The Bertz CT molecular complexity index is 170. The first-order chi connectivity index (χ1) is 5.66. The topological polar surface area (TPSA) is 9.23 Å². The van der Waals surface area contributed by atoms with E-state index in [1.165, 1.54) is 19.3 Å². The molecule has 0 heterocycles. The van der Waals surface area contributed by atoms with Crippen LogP contribution in [0.25, 0.3) is 0 Å². The lowest BCUT2D eigenvalue weighted by Gasteiger charge is -2.60. The average molecular weight is 168 g/mol. The lowest BCUT2D eigenvalue weighted by Crippen LogP contribution is -2.53. The molecular weight excluding hydrogens is 148 g/mol. The van der Waals surface area contributed by atoms with Gasteiger partial charge < -0.3 is 4.74 Å². The molecule has 12 heavy (non-hydrogen) atoms.